The fourth-order valence-corrected chi connectivity index (χ4v) is 6.01. The molecule has 0 saturated heterocycles. The average molecular weight is 730 g/mol. The normalized spacial score (nSPS) is 11.5. The lowest BCUT2D eigenvalue weighted by molar-refractivity contribution is 0.231. The van der Waals surface area contributed by atoms with E-state index in [1.165, 1.54) is 60.9 Å². The second-order valence-electron chi connectivity index (χ2n) is 11.8. The second kappa shape index (κ2) is 14.7. The fourth-order valence-electron chi connectivity index (χ4n) is 5.51. The van der Waals surface area contributed by atoms with Crippen molar-refractivity contribution in [2.75, 3.05) is 5.73 Å². The zero-order chi connectivity index (χ0) is 37.2. The molecule has 0 atom stereocenters. The Morgan fingerprint density at radius 1 is 0.904 bits per heavy atom. The number of hydrogen-bond acceptors (Lipinski definition) is 9. The summed E-state index contributed by atoms with van der Waals surface area (Å²) in [5, 5.41) is 5.14. The lowest BCUT2D eigenvalue weighted by Gasteiger charge is -2.11. The van der Waals surface area contributed by atoms with Crippen LogP contribution in [0.25, 0.3) is 44.4 Å². The molecular formula is C37H30F3N5O6S. The number of anilines is 1. The Labute approximate surface area is 294 Å². The smallest absolute Gasteiger partial charge is 0.294 e. The first-order valence-electron chi connectivity index (χ1n) is 15.8. The van der Waals surface area contributed by atoms with Gasteiger partial charge in [0.2, 0.25) is 5.43 Å². The molecule has 4 aromatic carbocycles. The minimum Gasteiger partial charge on any atom is -0.488 e. The van der Waals surface area contributed by atoms with Gasteiger partial charge in [0.15, 0.2) is 17.2 Å². The first-order valence-corrected chi connectivity index (χ1v) is 17.2. The Hall–Kier alpha value is -6.06. The Morgan fingerprint density at radius 3 is 2.33 bits per heavy atom. The molecule has 3 aromatic heterocycles. The maximum Gasteiger partial charge on any atom is 0.294 e. The van der Waals surface area contributed by atoms with Gasteiger partial charge in [-0.1, -0.05) is 30.3 Å². The van der Waals surface area contributed by atoms with Crippen LogP contribution < -0.4 is 15.9 Å². The number of aryl methyl sites for hydroxylation is 2. The predicted octanol–water partition coefficient (Wildman–Crippen LogP) is 7.23. The molecule has 0 spiro atoms. The highest BCUT2D eigenvalue weighted by molar-refractivity contribution is 7.85. The van der Waals surface area contributed by atoms with E-state index in [2.05, 4.69) is 15.1 Å². The zero-order valence-corrected chi connectivity index (χ0v) is 28.4. The van der Waals surface area contributed by atoms with Crippen LogP contribution in [-0.4, -0.2) is 38.8 Å². The summed E-state index contributed by atoms with van der Waals surface area (Å²) in [6.07, 6.45) is 1.22. The van der Waals surface area contributed by atoms with E-state index in [-0.39, 0.29) is 57.8 Å². The molecular weight excluding hydrogens is 699 g/mol. The van der Waals surface area contributed by atoms with E-state index >= 15 is 0 Å². The number of aromatic nitrogens is 4. The van der Waals surface area contributed by atoms with Crippen molar-refractivity contribution in [3.63, 3.8) is 0 Å². The van der Waals surface area contributed by atoms with Crippen molar-refractivity contribution in [2.45, 2.75) is 37.8 Å². The molecule has 0 bridgehead atoms. The van der Waals surface area contributed by atoms with Crippen molar-refractivity contribution < 1.29 is 35.3 Å². The van der Waals surface area contributed by atoms with Crippen molar-refractivity contribution in [1.82, 2.24) is 19.7 Å². The van der Waals surface area contributed by atoms with E-state index in [0.717, 1.165) is 6.07 Å². The van der Waals surface area contributed by atoms with Gasteiger partial charge in [0.25, 0.3) is 10.1 Å². The third kappa shape index (κ3) is 7.65. The number of nitrogens with two attached hydrogens (primary N) is 1. The van der Waals surface area contributed by atoms with Crippen molar-refractivity contribution in [3.05, 3.63) is 131 Å². The van der Waals surface area contributed by atoms with Gasteiger partial charge in [0.05, 0.1) is 33.9 Å². The topological polar surface area (TPSA) is 163 Å². The lowest BCUT2D eigenvalue weighted by Crippen LogP contribution is -2.12. The lowest BCUT2D eigenvalue weighted by atomic mass is 10.0. The molecule has 3 N–H and O–H groups in total. The predicted molar refractivity (Wildman–Crippen MR) is 189 cm³/mol. The van der Waals surface area contributed by atoms with Crippen molar-refractivity contribution in [1.29, 1.82) is 0 Å². The molecule has 0 aliphatic rings. The third-order valence-electron chi connectivity index (χ3n) is 7.76. The fraction of sp³-hybridized carbons (Fsp3) is 0.135. The molecule has 11 nitrogen and oxygen atoms in total. The molecule has 52 heavy (non-hydrogen) atoms. The quantitative estimate of drug-likeness (QED) is 0.153. The maximum absolute atomic E-state index is 14.9. The molecule has 0 amide bonds. The first-order chi connectivity index (χ1) is 24.8. The monoisotopic (exact) mass is 729 g/mol. The number of fused-ring (bicyclic) bond motifs is 2. The van der Waals surface area contributed by atoms with E-state index in [0.29, 0.717) is 27.9 Å². The van der Waals surface area contributed by atoms with Crippen LogP contribution in [0.5, 0.6) is 5.75 Å². The zero-order valence-electron chi connectivity index (χ0n) is 27.6. The van der Waals surface area contributed by atoms with Crippen molar-refractivity contribution in [3.8, 4) is 28.1 Å². The van der Waals surface area contributed by atoms with Gasteiger partial charge in [0.1, 0.15) is 40.8 Å². The van der Waals surface area contributed by atoms with Gasteiger partial charge >= 0.3 is 0 Å². The summed E-state index contributed by atoms with van der Waals surface area (Å²) in [7, 11) is -4.00. The van der Waals surface area contributed by atoms with Crippen LogP contribution in [0.1, 0.15) is 19.6 Å². The Morgan fingerprint density at radius 2 is 1.65 bits per heavy atom. The van der Waals surface area contributed by atoms with Crippen LogP contribution in [0.15, 0.2) is 111 Å². The Balaban J connectivity index is 0.000000402. The highest BCUT2D eigenvalue weighted by Gasteiger charge is 2.21. The molecule has 3 heterocycles. The SMILES string of the molecule is CC(C)Oc1ccc(-c2nn(CCc3oc4ccc(F)cc4c(=O)c3-c3cccc(F)c3)c3ncnc(N)c23)cc1F.O=S(=O)(O)c1ccccc1. The summed E-state index contributed by atoms with van der Waals surface area (Å²) in [6.45, 7) is 3.76. The van der Waals surface area contributed by atoms with Gasteiger partial charge in [-0.25, -0.2) is 27.8 Å². The Kier molecular flexibility index (Phi) is 10.1. The summed E-state index contributed by atoms with van der Waals surface area (Å²) < 4.78 is 85.4. The number of benzene rings is 4. The molecule has 0 unspecified atom stereocenters. The minimum absolute atomic E-state index is 0.0391. The highest BCUT2D eigenvalue weighted by Crippen LogP contribution is 2.33. The summed E-state index contributed by atoms with van der Waals surface area (Å²) in [4.78, 5) is 21.9. The summed E-state index contributed by atoms with van der Waals surface area (Å²) >= 11 is 0. The van der Waals surface area contributed by atoms with Crippen LogP contribution in [0.3, 0.4) is 0 Å². The largest absolute Gasteiger partial charge is 0.488 e. The summed E-state index contributed by atoms with van der Waals surface area (Å²) in [5.41, 5.74) is 7.50. The number of nitrogen functional groups attached to an aromatic ring is 1. The van der Waals surface area contributed by atoms with Crippen LogP contribution in [0, 0.1) is 17.5 Å². The second-order valence-corrected chi connectivity index (χ2v) is 13.2. The average Bonchev–Trinajstić information content (AvgIpc) is 3.48. The van der Waals surface area contributed by atoms with Gasteiger partial charge in [0, 0.05) is 12.0 Å². The number of rotatable bonds is 8. The van der Waals surface area contributed by atoms with Crippen LogP contribution in [0.2, 0.25) is 0 Å². The van der Waals surface area contributed by atoms with Gasteiger partial charge in [-0.3, -0.25) is 9.35 Å². The van der Waals surface area contributed by atoms with Crippen LogP contribution in [0.4, 0.5) is 19.0 Å². The molecule has 0 aliphatic carbocycles. The molecule has 15 heteroatoms. The van der Waals surface area contributed by atoms with Crippen LogP contribution in [-0.2, 0) is 23.1 Å². The van der Waals surface area contributed by atoms with E-state index in [4.69, 9.17) is 19.4 Å². The molecule has 0 fully saturated rings. The van der Waals surface area contributed by atoms with E-state index < -0.39 is 33.0 Å². The number of nitrogens with zero attached hydrogens (tertiary/aromatic N) is 4. The van der Waals surface area contributed by atoms with Crippen LogP contribution >= 0.6 is 0 Å². The van der Waals surface area contributed by atoms with E-state index in [9.17, 15) is 26.4 Å². The van der Waals surface area contributed by atoms with Gasteiger partial charge in [-0.2, -0.15) is 13.5 Å². The highest BCUT2D eigenvalue weighted by atomic mass is 32.2. The third-order valence-corrected chi connectivity index (χ3v) is 8.62. The molecule has 0 aliphatic heterocycles. The standard InChI is InChI=1S/C31H24F3N5O3.C6H6O3S/c1-16(2)41-24-8-6-18(13-22(24)34)28-27-30(35)36-15-37-31(27)39(38-28)11-10-25-26(17-4-3-5-19(32)12-17)29(40)21-14-20(33)7-9-23(21)42-25;7-10(8,9)6-4-2-1-3-5-6/h3-9,12-16H,10-11H2,1-2H3,(H2,35,36,37);1-5H,(H,7,8,9). The molecule has 7 aromatic rings. The van der Waals surface area contributed by atoms with E-state index in [1.807, 2.05) is 0 Å². The summed E-state index contributed by atoms with van der Waals surface area (Å²) in [6, 6.07) is 21.1. The maximum atomic E-state index is 14.9. The summed E-state index contributed by atoms with van der Waals surface area (Å²) in [5.74, 6) is -1.18. The first kappa shape index (κ1) is 35.8. The van der Waals surface area contributed by atoms with Gasteiger partial charge in [-0.05, 0) is 80.1 Å². The van der Waals surface area contributed by atoms with Gasteiger partial charge in [-0.15, -0.1) is 0 Å². The van der Waals surface area contributed by atoms with Crippen molar-refractivity contribution >= 4 is 37.9 Å². The van der Waals surface area contributed by atoms with Gasteiger partial charge < -0.3 is 14.9 Å². The Bertz CT molecular complexity index is 2600. The minimum atomic E-state index is -4.00. The molecule has 0 saturated carbocycles. The molecule has 0 radical (unpaired) electrons. The number of ether oxygens (including phenoxy) is 1. The number of halogens is 3. The number of hydrogen-bond donors (Lipinski definition) is 2. The molecule has 7 rings (SSSR count). The van der Waals surface area contributed by atoms with Crippen molar-refractivity contribution in [2.24, 2.45) is 0 Å². The van der Waals surface area contributed by atoms with E-state index in [1.54, 1.807) is 48.9 Å². The molecule has 266 valence electrons.